The summed E-state index contributed by atoms with van der Waals surface area (Å²) in [6, 6.07) is 6.16. The molecule has 0 amide bonds. The molecule has 0 saturated heterocycles. The Hall–Kier alpha value is -1.02. The van der Waals surface area contributed by atoms with E-state index in [2.05, 4.69) is 48.5 Å². The number of rotatable bonds is 10. The third kappa shape index (κ3) is 10.5. The quantitative estimate of drug-likeness (QED) is 0.240. The molecule has 0 radical (unpaired) electrons. The van der Waals surface area contributed by atoms with Crippen molar-refractivity contribution in [2.24, 2.45) is 10.9 Å². The molecular formula is C19H34IN3O2. The molecule has 0 aliphatic rings. The number of halogens is 1. The van der Waals surface area contributed by atoms with Gasteiger partial charge in [0, 0.05) is 26.3 Å². The van der Waals surface area contributed by atoms with Crippen LogP contribution in [0.4, 0.5) is 0 Å². The first-order valence-corrected chi connectivity index (χ1v) is 8.80. The molecule has 0 heterocycles. The summed E-state index contributed by atoms with van der Waals surface area (Å²) < 4.78 is 10.9. The lowest BCUT2D eigenvalue weighted by Crippen LogP contribution is -2.38. The zero-order valence-corrected chi connectivity index (χ0v) is 18.6. The van der Waals surface area contributed by atoms with E-state index in [-0.39, 0.29) is 24.0 Å². The van der Waals surface area contributed by atoms with Crippen molar-refractivity contribution in [3.05, 3.63) is 29.3 Å². The molecule has 0 unspecified atom stereocenters. The van der Waals surface area contributed by atoms with Gasteiger partial charge in [-0.1, -0.05) is 26.0 Å². The Kier molecular flexibility index (Phi) is 13.6. The van der Waals surface area contributed by atoms with Gasteiger partial charge in [0.2, 0.25) is 0 Å². The molecule has 0 fully saturated rings. The Morgan fingerprint density at radius 2 is 2.00 bits per heavy atom. The molecule has 5 nitrogen and oxygen atoms in total. The zero-order chi connectivity index (χ0) is 17.8. The summed E-state index contributed by atoms with van der Waals surface area (Å²) in [4.78, 5) is 4.64. The van der Waals surface area contributed by atoms with Gasteiger partial charge in [0.05, 0.1) is 13.7 Å². The Morgan fingerprint density at radius 1 is 1.24 bits per heavy atom. The maximum absolute atomic E-state index is 5.59. The average molecular weight is 463 g/mol. The summed E-state index contributed by atoms with van der Waals surface area (Å²) in [6.45, 7) is 12.4. The van der Waals surface area contributed by atoms with Crippen molar-refractivity contribution in [2.75, 3.05) is 33.4 Å². The minimum absolute atomic E-state index is 0. The van der Waals surface area contributed by atoms with Crippen molar-refractivity contribution in [1.82, 2.24) is 10.6 Å². The number of aryl methyl sites for hydroxylation is 1. The lowest BCUT2D eigenvalue weighted by Gasteiger charge is -2.12. The fraction of sp³-hybridized carbons (Fsp3) is 0.632. The normalized spacial score (nSPS) is 11.2. The molecule has 0 spiro atoms. The summed E-state index contributed by atoms with van der Waals surface area (Å²) in [7, 11) is 1.69. The Bertz CT molecular complexity index is 507. The molecule has 25 heavy (non-hydrogen) atoms. The van der Waals surface area contributed by atoms with Crippen LogP contribution in [0.15, 0.2) is 23.2 Å². The van der Waals surface area contributed by atoms with Gasteiger partial charge in [-0.2, -0.15) is 0 Å². The molecule has 0 saturated carbocycles. The van der Waals surface area contributed by atoms with E-state index in [1.165, 1.54) is 5.56 Å². The second kappa shape index (κ2) is 14.2. The van der Waals surface area contributed by atoms with Crippen LogP contribution in [0.3, 0.4) is 0 Å². The van der Waals surface area contributed by atoms with Gasteiger partial charge in [0.25, 0.3) is 0 Å². The van der Waals surface area contributed by atoms with Crippen LogP contribution in [0, 0.1) is 12.8 Å². The van der Waals surface area contributed by atoms with Crippen LogP contribution in [-0.4, -0.2) is 39.4 Å². The summed E-state index contributed by atoms with van der Waals surface area (Å²) >= 11 is 0. The van der Waals surface area contributed by atoms with Crippen LogP contribution >= 0.6 is 24.0 Å². The number of guanidine groups is 1. The standard InChI is InChI=1S/C19H33N3O2.HI/c1-6-20-19(21-10-7-11-24-14-15(2)3)22-13-17-8-9-18(23-5)16(4)12-17;/h8-9,12,15H,6-7,10-11,13-14H2,1-5H3,(H2,20,21,22);1H. The summed E-state index contributed by atoms with van der Waals surface area (Å²) in [6.07, 6.45) is 0.971. The van der Waals surface area contributed by atoms with E-state index in [0.29, 0.717) is 12.5 Å². The smallest absolute Gasteiger partial charge is 0.191 e. The highest BCUT2D eigenvalue weighted by Gasteiger charge is 2.01. The highest BCUT2D eigenvalue weighted by molar-refractivity contribution is 14.0. The third-order valence-corrected chi connectivity index (χ3v) is 3.43. The second-order valence-corrected chi connectivity index (χ2v) is 6.25. The Labute approximate surface area is 170 Å². The fourth-order valence-corrected chi connectivity index (χ4v) is 2.25. The van der Waals surface area contributed by atoms with Crippen LogP contribution in [0.2, 0.25) is 0 Å². The van der Waals surface area contributed by atoms with Gasteiger partial charge in [-0.25, -0.2) is 4.99 Å². The Balaban J connectivity index is 0.00000576. The van der Waals surface area contributed by atoms with E-state index in [1.807, 2.05) is 13.0 Å². The van der Waals surface area contributed by atoms with E-state index in [4.69, 9.17) is 9.47 Å². The van der Waals surface area contributed by atoms with Crippen molar-refractivity contribution in [1.29, 1.82) is 0 Å². The summed E-state index contributed by atoms with van der Waals surface area (Å²) in [5.74, 6) is 2.34. The van der Waals surface area contributed by atoms with Crippen LogP contribution in [-0.2, 0) is 11.3 Å². The SMILES string of the molecule is CCNC(=NCc1ccc(OC)c(C)c1)NCCCOCC(C)C.I. The van der Waals surface area contributed by atoms with Crippen LogP contribution in [0.5, 0.6) is 5.75 Å². The largest absolute Gasteiger partial charge is 0.496 e. The third-order valence-electron chi connectivity index (χ3n) is 3.43. The number of hydrogen-bond donors (Lipinski definition) is 2. The molecule has 1 aromatic rings. The van der Waals surface area contributed by atoms with Crippen LogP contribution < -0.4 is 15.4 Å². The molecule has 0 aliphatic carbocycles. The van der Waals surface area contributed by atoms with Crippen molar-refractivity contribution in [3.63, 3.8) is 0 Å². The van der Waals surface area contributed by atoms with Gasteiger partial charge in [0.15, 0.2) is 5.96 Å². The molecular weight excluding hydrogens is 429 g/mol. The molecule has 144 valence electrons. The first kappa shape index (κ1) is 24.0. The minimum atomic E-state index is 0. The van der Waals surface area contributed by atoms with Crippen molar-refractivity contribution in [2.45, 2.75) is 40.7 Å². The fourth-order valence-electron chi connectivity index (χ4n) is 2.25. The van der Waals surface area contributed by atoms with E-state index < -0.39 is 0 Å². The van der Waals surface area contributed by atoms with E-state index >= 15 is 0 Å². The topological polar surface area (TPSA) is 54.9 Å². The minimum Gasteiger partial charge on any atom is -0.496 e. The molecule has 0 atom stereocenters. The molecule has 0 aromatic heterocycles. The monoisotopic (exact) mass is 463 g/mol. The van der Waals surface area contributed by atoms with Gasteiger partial charge >= 0.3 is 0 Å². The lowest BCUT2D eigenvalue weighted by molar-refractivity contribution is 0.108. The van der Waals surface area contributed by atoms with E-state index in [1.54, 1.807) is 7.11 Å². The van der Waals surface area contributed by atoms with Crippen molar-refractivity contribution >= 4 is 29.9 Å². The zero-order valence-electron chi connectivity index (χ0n) is 16.2. The molecule has 0 bridgehead atoms. The van der Waals surface area contributed by atoms with Crippen molar-refractivity contribution < 1.29 is 9.47 Å². The second-order valence-electron chi connectivity index (χ2n) is 6.25. The summed E-state index contributed by atoms with van der Waals surface area (Å²) in [5, 5.41) is 6.62. The number of ether oxygens (including phenoxy) is 2. The number of methoxy groups -OCH3 is 1. The molecule has 2 N–H and O–H groups in total. The number of hydrogen-bond acceptors (Lipinski definition) is 3. The van der Waals surface area contributed by atoms with Gasteiger partial charge in [-0.3, -0.25) is 0 Å². The van der Waals surface area contributed by atoms with Gasteiger partial charge in [-0.15, -0.1) is 24.0 Å². The number of nitrogens with zero attached hydrogens (tertiary/aromatic N) is 1. The summed E-state index contributed by atoms with van der Waals surface area (Å²) in [5.41, 5.74) is 2.30. The molecule has 1 rings (SSSR count). The average Bonchev–Trinajstić information content (AvgIpc) is 2.55. The predicted molar refractivity (Wildman–Crippen MR) is 116 cm³/mol. The highest BCUT2D eigenvalue weighted by Crippen LogP contribution is 2.18. The van der Waals surface area contributed by atoms with E-state index in [0.717, 1.165) is 50.0 Å². The molecule has 0 aliphatic heterocycles. The van der Waals surface area contributed by atoms with Crippen molar-refractivity contribution in [3.8, 4) is 5.75 Å². The van der Waals surface area contributed by atoms with Gasteiger partial charge < -0.3 is 20.1 Å². The first-order valence-electron chi connectivity index (χ1n) is 8.80. The predicted octanol–water partition coefficient (Wildman–Crippen LogP) is 3.74. The van der Waals surface area contributed by atoms with Gasteiger partial charge in [0.1, 0.15) is 5.75 Å². The van der Waals surface area contributed by atoms with Gasteiger partial charge in [-0.05, 0) is 43.4 Å². The molecule has 1 aromatic carbocycles. The maximum atomic E-state index is 5.59. The van der Waals surface area contributed by atoms with E-state index in [9.17, 15) is 0 Å². The number of nitrogens with one attached hydrogen (secondary N) is 2. The maximum Gasteiger partial charge on any atom is 0.191 e. The number of aliphatic imine (C=N–C) groups is 1. The Morgan fingerprint density at radius 3 is 2.60 bits per heavy atom. The lowest BCUT2D eigenvalue weighted by atomic mass is 10.1. The van der Waals surface area contributed by atoms with Crippen LogP contribution in [0.25, 0.3) is 0 Å². The molecule has 6 heteroatoms. The van der Waals surface area contributed by atoms with Crippen LogP contribution in [0.1, 0.15) is 38.3 Å². The number of benzene rings is 1. The first-order chi connectivity index (χ1) is 11.6. The highest BCUT2D eigenvalue weighted by atomic mass is 127.